The van der Waals surface area contributed by atoms with Gasteiger partial charge in [0.25, 0.3) is 20.0 Å². The van der Waals surface area contributed by atoms with Crippen molar-refractivity contribution in [2.24, 2.45) is 5.92 Å². The number of amides is 1. The van der Waals surface area contributed by atoms with E-state index in [4.69, 9.17) is 9.26 Å². The highest BCUT2D eigenvalue weighted by molar-refractivity contribution is 7.92. The molecule has 3 aromatic rings. The average Bonchev–Trinajstić information content (AvgIpc) is 3.57. The summed E-state index contributed by atoms with van der Waals surface area (Å²) in [5.41, 5.74) is 0.818. The Morgan fingerprint density at radius 2 is 1.98 bits per heavy atom. The Morgan fingerprint density at radius 3 is 2.59 bits per heavy atom. The number of aryl methyl sites for hydroxylation is 2. The fourth-order valence-corrected chi connectivity index (χ4v) is 8.46. The topological polar surface area (TPSA) is 159 Å². The van der Waals surface area contributed by atoms with Gasteiger partial charge in [0, 0.05) is 30.8 Å². The molecule has 0 saturated carbocycles. The minimum atomic E-state index is -4.04. The highest BCUT2D eigenvalue weighted by atomic mass is 32.2. The number of likely N-dealkylation sites (N-methyl/N-ethyl adjacent to an activating group) is 1. The molecular formula is C26H34N4O8S3. The number of aliphatic hydroxyl groups excluding tert-OH is 1. The molecule has 2 N–H and O–H groups in total. The molecule has 15 heteroatoms. The van der Waals surface area contributed by atoms with Crippen molar-refractivity contribution in [3.05, 3.63) is 52.7 Å². The highest BCUT2D eigenvalue weighted by Crippen LogP contribution is 2.31. The molecule has 12 nitrogen and oxygen atoms in total. The van der Waals surface area contributed by atoms with Crippen LogP contribution >= 0.6 is 11.3 Å². The molecule has 0 unspecified atom stereocenters. The van der Waals surface area contributed by atoms with Crippen molar-refractivity contribution in [2.75, 3.05) is 31.5 Å². The Kier molecular flexibility index (Phi) is 9.13. The number of hydrogen-bond acceptors (Lipinski definition) is 10. The summed E-state index contributed by atoms with van der Waals surface area (Å²) in [7, 11) is -6.33. The molecule has 1 amide bonds. The normalized spacial score (nSPS) is 19.2. The van der Waals surface area contributed by atoms with Gasteiger partial charge in [0.1, 0.15) is 21.8 Å². The number of sulfonamides is 2. The number of thiophene rings is 1. The van der Waals surface area contributed by atoms with Gasteiger partial charge in [-0.2, -0.15) is 4.31 Å². The van der Waals surface area contributed by atoms with Gasteiger partial charge in [-0.3, -0.25) is 9.52 Å². The fraction of sp³-hybridized carbons (Fsp3) is 0.462. The minimum Gasteiger partial charge on any atom is -0.488 e. The molecule has 0 bridgehead atoms. The van der Waals surface area contributed by atoms with Crippen molar-refractivity contribution in [1.29, 1.82) is 0 Å². The van der Waals surface area contributed by atoms with Crippen molar-refractivity contribution < 1.29 is 36.0 Å². The average molecular weight is 627 g/mol. The Bertz CT molecular complexity index is 1580. The molecule has 0 radical (unpaired) electrons. The van der Waals surface area contributed by atoms with Crippen LogP contribution in [-0.4, -0.2) is 81.1 Å². The molecular weight excluding hydrogens is 593 g/mol. The van der Waals surface area contributed by atoms with Gasteiger partial charge >= 0.3 is 0 Å². The van der Waals surface area contributed by atoms with Crippen LogP contribution < -0.4 is 9.46 Å². The van der Waals surface area contributed by atoms with E-state index in [1.54, 1.807) is 29.3 Å². The molecule has 1 aliphatic rings. The molecule has 0 saturated heterocycles. The van der Waals surface area contributed by atoms with Gasteiger partial charge in [-0.25, -0.2) is 16.8 Å². The number of benzene rings is 1. The van der Waals surface area contributed by atoms with E-state index in [2.05, 4.69) is 9.88 Å². The number of carbonyl (C=O) groups is 1. The molecule has 0 fully saturated rings. The van der Waals surface area contributed by atoms with Gasteiger partial charge in [-0.1, -0.05) is 18.1 Å². The summed E-state index contributed by atoms with van der Waals surface area (Å²) in [4.78, 5) is 14.9. The van der Waals surface area contributed by atoms with Crippen LogP contribution in [0.3, 0.4) is 0 Å². The van der Waals surface area contributed by atoms with Gasteiger partial charge in [0.2, 0.25) is 5.91 Å². The molecule has 3 heterocycles. The van der Waals surface area contributed by atoms with Crippen molar-refractivity contribution in [3.8, 4) is 5.75 Å². The first kappa shape index (κ1) is 31.0. The molecule has 1 aromatic carbocycles. The summed E-state index contributed by atoms with van der Waals surface area (Å²) in [5, 5.41) is 15.2. The maximum atomic E-state index is 13.4. The standard InChI is InChI=1S/C26H34N4O8S3/c1-16-13-30(17(2)15-31)24(32)12-20-11-21(28-40(33,34)26-18(3)27-38-19(26)4)8-9-22(20)37-23(16)14-29(5)41(35,36)25-7-6-10-39-25/h6-11,16-17,23,28,31H,12-15H2,1-5H3/t16-,17+,23-/m0/s1. The van der Waals surface area contributed by atoms with Crippen LogP contribution in [0.1, 0.15) is 30.9 Å². The van der Waals surface area contributed by atoms with Crippen LogP contribution in [0.4, 0.5) is 5.69 Å². The van der Waals surface area contributed by atoms with Crippen LogP contribution in [0, 0.1) is 19.8 Å². The number of hydrogen-bond donors (Lipinski definition) is 2. The van der Waals surface area contributed by atoms with Gasteiger partial charge in [0.15, 0.2) is 10.7 Å². The second kappa shape index (κ2) is 12.1. The predicted molar refractivity (Wildman–Crippen MR) is 153 cm³/mol. The Balaban J connectivity index is 1.70. The van der Waals surface area contributed by atoms with Crippen molar-refractivity contribution in [2.45, 2.75) is 55.4 Å². The third-order valence-corrected chi connectivity index (χ3v) is 11.8. The number of ether oxygens (including phenoxy) is 1. The molecule has 4 rings (SSSR count). The Labute approximate surface area is 244 Å². The molecule has 2 aromatic heterocycles. The lowest BCUT2D eigenvalue weighted by atomic mass is 10.0. The van der Waals surface area contributed by atoms with E-state index in [-0.39, 0.29) is 64.2 Å². The number of nitrogens with one attached hydrogen (secondary N) is 1. The lowest BCUT2D eigenvalue weighted by molar-refractivity contribution is -0.134. The summed E-state index contributed by atoms with van der Waals surface area (Å²) < 4.78 is 67.8. The Morgan fingerprint density at radius 1 is 1.24 bits per heavy atom. The maximum Gasteiger partial charge on any atom is 0.267 e. The molecule has 1 aliphatic heterocycles. The third-order valence-electron chi connectivity index (χ3n) is 7.00. The van der Waals surface area contributed by atoms with E-state index in [1.165, 1.54) is 43.4 Å². The summed E-state index contributed by atoms with van der Waals surface area (Å²) >= 11 is 1.12. The zero-order valence-corrected chi connectivity index (χ0v) is 25.8. The second-order valence-electron chi connectivity index (χ2n) is 10.2. The number of rotatable bonds is 9. The van der Waals surface area contributed by atoms with Crippen molar-refractivity contribution in [3.63, 3.8) is 0 Å². The summed E-state index contributed by atoms with van der Waals surface area (Å²) in [5.74, 6) is -0.133. The summed E-state index contributed by atoms with van der Waals surface area (Å²) in [6.45, 7) is 6.56. The SMILES string of the molecule is Cc1noc(C)c1S(=O)(=O)Nc1ccc2c(c1)CC(=O)N([C@H](C)CO)C[C@H](C)[C@H](CN(C)S(=O)(=O)c1cccs1)O2. The summed E-state index contributed by atoms with van der Waals surface area (Å²) in [6.07, 6.45) is -0.791. The van der Waals surface area contributed by atoms with Crippen LogP contribution in [0.25, 0.3) is 0 Å². The number of anilines is 1. The number of aromatic nitrogens is 1. The fourth-order valence-electron chi connectivity index (χ4n) is 4.69. The molecule has 3 atom stereocenters. The number of carbonyl (C=O) groups excluding carboxylic acids is 1. The molecule has 224 valence electrons. The van der Waals surface area contributed by atoms with E-state index in [0.29, 0.717) is 11.3 Å². The predicted octanol–water partition coefficient (Wildman–Crippen LogP) is 2.62. The van der Waals surface area contributed by atoms with Gasteiger partial charge in [-0.05, 0) is 50.4 Å². The minimum absolute atomic E-state index is 0.00317. The molecule has 0 spiro atoms. The van der Waals surface area contributed by atoms with Crippen LogP contribution in [0.15, 0.2) is 49.3 Å². The van der Waals surface area contributed by atoms with E-state index in [0.717, 1.165) is 11.3 Å². The third kappa shape index (κ3) is 6.59. The Hall–Kier alpha value is -2.98. The lowest BCUT2D eigenvalue weighted by Crippen LogP contribution is -2.48. The van der Waals surface area contributed by atoms with E-state index < -0.39 is 32.2 Å². The van der Waals surface area contributed by atoms with Crippen molar-refractivity contribution >= 4 is 43.0 Å². The van der Waals surface area contributed by atoms with E-state index >= 15 is 0 Å². The monoisotopic (exact) mass is 626 g/mol. The van der Waals surface area contributed by atoms with Crippen LogP contribution in [-0.2, 0) is 31.3 Å². The molecule has 0 aliphatic carbocycles. The number of fused-ring (bicyclic) bond motifs is 1. The second-order valence-corrected chi connectivity index (χ2v) is 15.0. The largest absolute Gasteiger partial charge is 0.488 e. The number of aliphatic hydroxyl groups is 1. The van der Waals surface area contributed by atoms with Gasteiger partial charge < -0.3 is 19.3 Å². The molecule has 41 heavy (non-hydrogen) atoms. The number of nitrogens with zero attached hydrogens (tertiary/aromatic N) is 3. The van der Waals surface area contributed by atoms with E-state index in [9.17, 15) is 26.7 Å². The van der Waals surface area contributed by atoms with Gasteiger partial charge in [0.05, 0.1) is 25.6 Å². The quantitative estimate of drug-likeness (QED) is 0.364. The zero-order valence-electron chi connectivity index (χ0n) is 23.4. The van der Waals surface area contributed by atoms with Crippen LogP contribution in [0.2, 0.25) is 0 Å². The first-order chi connectivity index (χ1) is 19.2. The highest BCUT2D eigenvalue weighted by Gasteiger charge is 2.34. The maximum absolute atomic E-state index is 13.4. The van der Waals surface area contributed by atoms with Crippen molar-refractivity contribution in [1.82, 2.24) is 14.4 Å². The first-order valence-electron chi connectivity index (χ1n) is 12.9. The van der Waals surface area contributed by atoms with Gasteiger partial charge in [-0.15, -0.1) is 11.3 Å². The van der Waals surface area contributed by atoms with Crippen LogP contribution in [0.5, 0.6) is 5.75 Å². The lowest BCUT2D eigenvalue weighted by Gasteiger charge is -2.33. The van der Waals surface area contributed by atoms with E-state index in [1.807, 2.05) is 6.92 Å². The first-order valence-corrected chi connectivity index (χ1v) is 16.7. The smallest absolute Gasteiger partial charge is 0.267 e. The summed E-state index contributed by atoms with van der Waals surface area (Å²) in [6, 6.07) is 7.29. The zero-order chi connectivity index (χ0) is 30.1.